The van der Waals surface area contributed by atoms with E-state index in [0.29, 0.717) is 31.6 Å². The Morgan fingerprint density at radius 3 is 0.660 bits per heavy atom. The van der Waals surface area contributed by atoms with Gasteiger partial charge >= 0.3 is 39.5 Å². The van der Waals surface area contributed by atoms with Crippen molar-refractivity contribution >= 4 is 39.5 Å². The molecule has 17 nitrogen and oxygen atoms in total. The summed E-state index contributed by atoms with van der Waals surface area (Å²) in [4.78, 5) is 72.8. The molecule has 0 aromatic rings. The van der Waals surface area contributed by atoms with Gasteiger partial charge in [0.25, 0.3) is 0 Å². The fourth-order valence-electron chi connectivity index (χ4n) is 11.4. The van der Waals surface area contributed by atoms with Crippen LogP contribution < -0.4 is 0 Å². The van der Waals surface area contributed by atoms with E-state index >= 15 is 0 Å². The quantitative estimate of drug-likeness (QED) is 0.0222. The van der Waals surface area contributed by atoms with E-state index < -0.39 is 97.5 Å². The summed E-state index contributed by atoms with van der Waals surface area (Å²) in [6, 6.07) is 0. The second-order valence-electron chi connectivity index (χ2n) is 28.9. The smallest absolute Gasteiger partial charge is 0.462 e. The van der Waals surface area contributed by atoms with Crippen LogP contribution >= 0.6 is 15.6 Å². The molecule has 0 aromatic heterocycles. The van der Waals surface area contributed by atoms with Crippen molar-refractivity contribution in [3.8, 4) is 0 Å². The molecule has 5 atom stereocenters. The molecule has 0 amide bonds. The highest BCUT2D eigenvalue weighted by Gasteiger charge is 2.30. The van der Waals surface area contributed by atoms with Gasteiger partial charge in [-0.3, -0.25) is 37.3 Å². The van der Waals surface area contributed by atoms with E-state index in [1.165, 1.54) is 173 Å². The molecule has 0 bridgehead atoms. The van der Waals surface area contributed by atoms with Gasteiger partial charge in [0, 0.05) is 25.7 Å². The number of hydrogen-bond acceptors (Lipinski definition) is 15. The number of phosphoric acid groups is 2. The Kier molecular flexibility index (Phi) is 63.1. The number of carbonyl (C=O) groups excluding carboxylic acids is 4. The number of phosphoric ester groups is 2. The molecule has 558 valence electrons. The molecule has 0 aliphatic rings. The predicted molar refractivity (Wildman–Crippen MR) is 381 cm³/mol. The van der Waals surface area contributed by atoms with Crippen LogP contribution in [0, 0.1) is 23.7 Å². The number of rotatable bonds is 72. The third-order valence-electron chi connectivity index (χ3n) is 17.3. The van der Waals surface area contributed by atoms with Crippen molar-refractivity contribution in [3.05, 3.63) is 0 Å². The lowest BCUT2D eigenvalue weighted by atomic mass is 10.0. The monoisotopic (exact) mass is 1380 g/mol. The zero-order chi connectivity index (χ0) is 69.6. The first-order valence-electron chi connectivity index (χ1n) is 38.7. The van der Waals surface area contributed by atoms with Crippen molar-refractivity contribution in [2.45, 2.75) is 395 Å². The molecule has 94 heavy (non-hydrogen) atoms. The molecular weight excluding hydrogens is 1230 g/mol. The molecule has 0 aliphatic carbocycles. The number of carbonyl (C=O) groups is 4. The van der Waals surface area contributed by atoms with Gasteiger partial charge in [0.15, 0.2) is 12.2 Å². The summed E-state index contributed by atoms with van der Waals surface area (Å²) in [7, 11) is -9.91. The number of unbranched alkanes of at least 4 members (excludes halogenated alkanes) is 38. The van der Waals surface area contributed by atoms with Gasteiger partial charge in [-0.25, -0.2) is 9.13 Å². The molecule has 19 heteroatoms. The van der Waals surface area contributed by atoms with Crippen LogP contribution in [0.1, 0.15) is 376 Å². The van der Waals surface area contributed by atoms with Gasteiger partial charge in [0.1, 0.15) is 19.3 Å². The highest BCUT2D eigenvalue weighted by molar-refractivity contribution is 7.47. The van der Waals surface area contributed by atoms with Crippen LogP contribution in [0.4, 0.5) is 0 Å². The minimum atomic E-state index is -4.96. The van der Waals surface area contributed by atoms with Crippen molar-refractivity contribution in [2.24, 2.45) is 23.7 Å². The summed E-state index contributed by atoms with van der Waals surface area (Å²) in [6.45, 7) is 14.1. The van der Waals surface area contributed by atoms with E-state index in [0.717, 1.165) is 114 Å². The van der Waals surface area contributed by atoms with Gasteiger partial charge in [-0.1, -0.05) is 325 Å². The van der Waals surface area contributed by atoms with Crippen LogP contribution in [0.25, 0.3) is 0 Å². The molecule has 0 rings (SSSR count). The molecule has 0 fully saturated rings. The highest BCUT2D eigenvalue weighted by Crippen LogP contribution is 2.45. The Labute approximate surface area is 575 Å². The minimum absolute atomic E-state index is 0.106. The molecule has 0 aromatic carbocycles. The molecule has 0 heterocycles. The fraction of sp³-hybridized carbons (Fsp3) is 0.947. The van der Waals surface area contributed by atoms with Gasteiger partial charge in [-0.15, -0.1) is 0 Å². The normalized spacial score (nSPS) is 14.2. The van der Waals surface area contributed by atoms with E-state index in [1.54, 1.807) is 0 Å². The number of hydrogen-bond donors (Lipinski definition) is 3. The number of ether oxygens (including phenoxy) is 4. The van der Waals surface area contributed by atoms with E-state index in [4.69, 9.17) is 37.0 Å². The maximum Gasteiger partial charge on any atom is 0.472 e. The lowest BCUT2D eigenvalue weighted by Crippen LogP contribution is -2.30. The van der Waals surface area contributed by atoms with Gasteiger partial charge in [-0.2, -0.15) is 0 Å². The lowest BCUT2D eigenvalue weighted by molar-refractivity contribution is -0.161. The first kappa shape index (κ1) is 92.1. The van der Waals surface area contributed by atoms with Crippen molar-refractivity contribution < 1.29 is 80.2 Å². The number of esters is 4. The molecular formula is C75H146O17P2. The maximum absolute atomic E-state index is 13.1. The van der Waals surface area contributed by atoms with Crippen LogP contribution in [0.15, 0.2) is 0 Å². The Hall–Kier alpha value is -1.94. The Balaban J connectivity index is 5.23. The van der Waals surface area contributed by atoms with E-state index in [2.05, 4.69) is 55.4 Å². The molecule has 0 spiro atoms. The summed E-state index contributed by atoms with van der Waals surface area (Å²) in [5, 5.41) is 10.6. The summed E-state index contributed by atoms with van der Waals surface area (Å²) in [5.41, 5.74) is 0. The van der Waals surface area contributed by atoms with Crippen LogP contribution in [-0.4, -0.2) is 96.7 Å². The van der Waals surface area contributed by atoms with Crippen molar-refractivity contribution in [2.75, 3.05) is 39.6 Å². The molecule has 3 unspecified atom stereocenters. The van der Waals surface area contributed by atoms with Gasteiger partial charge in [-0.05, 0) is 49.4 Å². The highest BCUT2D eigenvalue weighted by atomic mass is 31.2. The molecule has 3 N–H and O–H groups in total. The summed E-state index contributed by atoms with van der Waals surface area (Å²) < 4.78 is 68.5. The second-order valence-corrected chi connectivity index (χ2v) is 31.9. The average molecular weight is 1380 g/mol. The predicted octanol–water partition coefficient (Wildman–Crippen LogP) is 21.7. The largest absolute Gasteiger partial charge is 0.472 e. The first-order valence-corrected chi connectivity index (χ1v) is 41.7. The molecule has 0 saturated carbocycles. The first-order chi connectivity index (χ1) is 45.1. The SMILES string of the molecule is CC(C)CCCCCCCCCCCCCCCCCC(=O)O[C@H](COC(=O)CCCCCCCCCC(C)C)COP(=O)(O)OCC(O)COP(=O)(O)OC[C@@H](COC(=O)CCCCCCCCCCCC(C)C)OC(=O)CCCCCCCCCCCCCC(C)C. The third-order valence-corrected chi connectivity index (χ3v) is 19.2. The molecule has 0 radical (unpaired) electrons. The average Bonchev–Trinajstić information content (AvgIpc) is 3.46. The standard InChI is InChI=1S/C75H146O17P2/c1-65(2)51-43-35-27-20-15-12-10-9-11-13-17-23-32-41-49-57-74(79)92-71(62-86-73(78)56-48-40-34-26-30-38-46-54-68(7)8)64-90-94(83,84)88-60-69(76)59-87-93(81,82)89-63-70(61-85-72(77)55-47-39-31-25-19-22-29-37-45-53-67(5)6)91-75(80)58-50-42-33-24-18-14-16-21-28-36-44-52-66(3)4/h65-71,76H,9-64H2,1-8H3,(H,81,82)(H,83,84)/t69?,70-,71-/m1/s1. The van der Waals surface area contributed by atoms with Crippen LogP contribution in [0.3, 0.4) is 0 Å². The lowest BCUT2D eigenvalue weighted by Gasteiger charge is -2.21. The van der Waals surface area contributed by atoms with Gasteiger partial charge < -0.3 is 33.8 Å². The van der Waals surface area contributed by atoms with Crippen LogP contribution in [0.5, 0.6) is 0 Å². The number of aliphatic hydroxyl groups excluding tert-OH is 1. The number of aliphatic hydroxyl groups is 1. The van der Waals surface area contributed by atoms with Crippen LogP contribution in [-0.2, 0) is 65.4 Å². The van der Waals surface area contributed by atoms with Gasteiger partial charge in [0.05, 0.1) is 26.4 Å². The zero-order valence-corrected chi connectivity index (χ0v) is 63.4. The van der Waals surface area contributed by atoms with E-state index in [1.807, 2.05) is 0 Å². The summed E-state index contributed by atoms with van der Waals surface area (Å²) in [5.74, 6) is 0.894. The summed E-state index contributed by atoms with van der Waals surface area (Å²) >= 11 is 0. The second kappa shape index (κ2) is 64.4. The zero-order valence-electron chi connectivity index (χ0n) is 61.6. The fourth-order valence-corrected chi connectivity index (χ4v) is 13.0. The molecule has 0 saturated heterocycles. The Morgan fingerprint density at radius 1 is 0.266 bits per heavy atom. The van der Waals surface area contributed by atoms with Crippen molar-refractivity contribution in [1.82, 2.24) is 0 Å². The van der Waals surface area contributed by atoms with Crippen molar-refractivity contribution in [1.29, 1.82) is 0 Å². The Bertz CT molecular complexity index is 1850. The minimum Gasteiger partial charge on any atom is -0.462 e. The molecule has 0 aliphatic heterocycles. The third kappa shape index (κ3) is 68.6. The van der Waals surface area contributed by atoms with Crippen LogP contribution in [0.2, 0.25) is 0 Å². The summed E-state index contributed by atoms with van der Waals surface area (Å²) in [6.07, 6.45) is 48.6. The van der Waals surface area contributed by atoms with Gasteiger partial charge in [0.2, 0.25) is 0 Å². The topological polar surface area (TPSA) is 237 Å². The van der Waals surface area contributed by atoms with E-state index in [-0.39, 0.29) is 25.7 Å². The van der Waals surface area contributed by atoms with Crippen molar-refractivity contribution in [3.63, 3.8) is 0 Å². The maximum atomic E-state index is 13.1. The Morgan fingerprint density at radius 2 is 0.447 bits per heavy atom. The van der Waals surface area contributed by atoms with E-state index in [9.17, 15) is 43.2 Å².